The van der Waals surface area contributed by atoms with Gasteiger partial charge in [0.2, 0.25) is 5.91 Å². The molecule has 1 N–H and O–H groups in total. The van der Waals surface area contributed by atoms with Crippen LogP contribution in [0.2, 0.25) is 5.02 Å². The summed E-state index contributed by atoms with van der Waals surface area (Å²) in [5.41, 5.74) is 3.56. The molecule has 0 aliphatic heterocycles. The second-order valence-electron chi connectivity index (χ2n) is 7.54. The van der Waals surface area contributed by atoms with Crippen LogP contribution in [0.3, 0.4) is 0 Å². The molecule has 0 aliphatic rings. The summed E-state index contributed by atoms with van der Waals surface area (Å²) in [5.74, 6) is -1.23. The fourth-order valence-electron chi connectivity index (χ4n) is 3.43. The standard InChI is InChI=1S/C25H22ClN3O3S/c26-22-11-13-23(14-12-22)33(31,32)18-24(30)27-15-21-17-29(16-19-7-3-1-4-8-19)28-25(21)20-9-5-2-6-10-20/h1-14,17H,15-16,18H2,(H,27,30). The summed E-state index contributed by atoms with van der Waals surface area (Å²) in [5, 5.41) is 7.87. The predicted octanol–water partition coefficient (Wildman–Crippen LogP) is 4.34. The van der Waals surface area contributed by atoms with Gasteiger partial charge >= 0.3 is 0 Å². The van der Waals surface area contributed by atoms with E-state index in [1.165, 1.54) is 24.3 Å². The Morgan fingerprint density at radius 2 is 1.55 bits per heavy atom. The number of sulfone groups is 1. The number of halogens is 1. The van der Waals surface area contributed by atoms with Gasteiger partial charge in [-0.15, -0.1) is 0 Å². The molecule has 4 rings (SSSR count). The number of rotatable bonds is 8. The minimum Gasteiger partial charge on any atom is -0.351 e. The Hall–Kier alpha value is -3.42. The second-order valence-corrected chi connectivity index (χ2v) is 9.97. The molecule has 168 valence electrons. The average molecular weight is 480 g/mol. The second kappa shape index (κ2) is 10.0. The quantitative estimate of drug-likeness (QED) is 0.407. The summed E-state index contributed by atoms with van der Waals surface area (Å²) >= 11 is 5.82. The molecule has 8 heteroatoms. The third-order valence-electron chi connectivity index (χ3n) is 5.04. The van der Waals surface area contributed by atoms with Gasteiger partial charge in [-0.1, -0.05) is 72.3 Å². The van der Waals surface area contributed by atoms with Crippen molar-refractivity contribution >= 4 is 27.3 Å². The van der Waals surface area contributed by atoms with Crippen LogP contribution in [0.15, 0.2) is 96.0 Å². The van der Waals surface area contributed by atoms with Crippen LogP contribution >= 0.6 is 11.6 Å². The highest BCUT2D eigenvalue weighted by Crippen LogP contribution is 2.22. The van der Waals surface area contributed by atoms with E-state index >= 15 is 0 Å². The first-order valence-electron chi connectivity index (χ1n) is 10.3. The van der Waals surface area contributed by atoms with Crippen LogP contribution < -0.4 is 5.32 Å². The van der Waals surface area contributed by atoms with Crippen molar-refractivity contribution < 1.29 is 13.2 Å². The molecule has 0 aliphatic carbocycles. The van der Waals surface area contributed by atoms with Crippen molar-refractivity contribution in [3.8, 4) is 11.3 Å². The Balaban J connectivity index is 1.50. The van der Waals surface area contributed by atoms with Crippen molar-refractivity contribution in [3.05, 3.63) is 107 Å². The smallest absolute Gasteiger partial charge is 0.235 e. The molecule has 0 unspecified atom stereocenters. The Morgan fingerprint density at radius 1 is 0.909 bits per heavy atom. The number of carbonyl (C=O) groups is 1. The van der Waals surface area contributed by atoms with Crippen LogP contribution in [0.4, 0.5) is 0 Å². The summed E-state index contributed by atoms with van der Waals surface area (Å²) in [6.45, 7) is 0.744. The maximum atomic E-state index is 12.5. The lowest BCUT2D eigenvalue weighted by Gasteiger charge is -2.07. The lowest BCUT2D eigenvalue weighted by atomic mass is 10.1. The topological polar surface area (TPSA) is 81.1 Å². The number of hydrogen-bond acceptors (Lipinski definition) is 4. The van der Waals surface area contributed by atoms with E-state index in [9.17, 15) is 13.2 Å². The maximum Gasteiger partial charge on any atom is 0.235 e. The van der Waals surface area contributed by atoms with Crippen molar-refractivity contribution in [2.75, 3.05) is 5.75 Å². The van der Waals surface area contributed by atoms with Gasteiger partial charge in [0.15, 0.2) is 9.84 Å². The first kappa shape index (κ1) is 22.8. The Morgan fingerprint density at radius 3 is 2.21 bits per heavy atom. The van der Waals surface area contributed by atoms with Gasteiger partial charge in [0, 0.05) is 28.9 Å². The largest absolute Gasteiger partial charge is 0.351 e. The van der Waals surface area contributed by atoms with Crippen molar-refractivity contribution in [2.24, 2.45) is 0 Å². The van der Waals surface area contributed by atoms with Gasteiger partial charge in [-0.3, -0.25) is 9.48 Å². The molecule has 0 bridgehead atoms. The number of amides is 1. The van der Waals surface area contributed by atoms with Crippen molar-refractivity contribution in [3.63, 3.8) is 0 Å². The lowest BCUT2D eigenvalue weighted by molar-refractivity contribution is -0.118. The molecule has 1 heterocycles. The van der Waals surface area contributed by atoms with E-state index in [0.29, 0.717) is 11.6 Å². The van der Waals surface area contributed by atoms with Crippen molar-refractivity contribution in [1.82, 2.24) is 15.1 Å². The van der Waals surface area contributed by atoms with Crippen molar-refractivity contribution in [1.29, 1.82) is 0 Å². The zero-order chi connectivity index (χ0) is 23.3. The maximum absolute atomic E-state index is 12.5. The van der Waals surface area contributed by atoms with E-state index in [1.54, 1.807) is 0 Å². The number of nitrogens with one attached hydrogen (secondary N) is 1. The molecule has 6 nitrogen and oxygen atoms in total. The molecule has 0 saturated heterocycles. The fourth-order valence-corrected chi connectivity index (χ4v) is 4.72. The Labute approximate surface area is 197 Å². The van der Waals surface area contributed by atoms with Crippen LogP contribution in [0.5, 0.6) is 0 Å². The van der Waals surface area contributed by atoms with Crippen LogP contribution in [0.1, 0.15) is 11.1 Å². The summed E-state index contributed by atoms with van der Waals surface area (Å²) < 4.78 is 26.9. The van der Waals surface area contributed by atoms with Gasteiger partial charge in [-0.05, 0) is 29.8 Å². The molecule has 0 spiro atoms. The first-order chi connectivity index (χ1) is 15.9. The van der Waals surface area contributed by atoms with Crippen LogP contribution in [0, 0.1) is 0 Å². The molecular weight excluding hydrogens is 458 g/mol. The van der Waals surface area contributed by atoms with Crippen molar-refractivity contribution in [2.45, 2.75) is 18.0 Å². The Kier molecular flexibility index (Phi) is 6.91. The van der Waals surface area contributed by atoms with Crippen LogP contribution in [-0.2, 0) is 27.7 Å². The monoisotopic (exact) mass is 479 g/mol. The molecule has 4 aromatic rings. The number of benzene rings is 3. The van der Waals surface area contributed by atoms with Crippen LogP contribution in [-0.4, -0.2) is 29.9 Å². The highest BCUT2D eigenvalue weighted by atomic mass is 35.5. The third-order valence-corrected chi connectivity index (χ3v) is 6.93. The number of aromatic nitrogens is 2. The van der Waals surface area contributed by atoms with Gasteiger partial charge < -0.3 is 5.32 Å². The summed E-state index contributed by atoms with van der Waals surface area (Å²) in [7, 11) is -3.77. The normalized spacial score (nSPS) is 11.3. The molecule has 3 aromatic carbocycles. The van der Waals surface area contributed by atoms with E-state index in [1.807, 2.05) is 71.5 Å². The average Bonchev–Trinajstić information content (AvgIpc) is 3.21. The summed E-state index contributed by atoms with van der Waals surface area (Å²) in [4.78, 5) is 12.5. The summed E-state index contributed by atoms with van der Waals surface area (Å²) in [6, 6.07) is 25.4. The zero-order valence-corrected chi connectivity index (χ0v) is 19.3. The highest BCUT2D eigenvalue weighted by Gasteiger charge is 2.20. The number of nitrogens with zero attached hydrogens (tertiary/aromatic N) is 2. The summed E-state index contributed by atoms with van der Waals surface area (Å²) in [6.07, 6.45) is 1.88. The van der Waals surface area contributed by atoms with Crippen LogP contribution in [0.25, 0.3) is 11.3 Å². The van der Waals surface area contributed by atoms with E-state index < -0.39 is 21.5 Å². The third kappa shape index (κ3) is 5.88. The Bertz CT molecular complexity index is 1340. The fraction of sp³-hybridized carbons (Fsp3) is 0.120. The van der Waals surface area contributed by atoms with E-state index in [4.69, 9.17) is 16.7 Å². The van der Waals surface area contributed by atoms with E-state index in [2.05, 4.69) is 5.32 Å². The van der Waals surface area contributed by atoms with Gasteiger partial charge in [-0.2, -0.15) is 5.10 Å². The molecule has 0 fully saturated rings. The van der Waals surface area contributed by atoms with E-state index in [-0.39, 0.29) is 11.4 Å². The highest BCUT2D eigenvalue weighted by molar-refractivity contribution is 7.92. The molecule has 33 heavy (non-hydrogen) atoms. The molecule has 0 saturated carbocycles. The predicted molar refractivity (Wildman–Crippen MR) is 129 cm³/mol. The van der Waals surface area contributed by atoms with E-state index in [0.717, 1.165) is 22.4 Å². The van der Waals surface area contributed by atoms with Gasteiger partial charge in [0.1, 0.15) is 5.75 Å². The molecule has 0 atom stereocenters. The first-order valence-corrected chi connectivity index (χ1v) is 12.3. The minimum absolute atomic E-state index is 0.0581. The minimum atomic E-state index is -3.77. The molecule has 1 aromatic heterocycles. The molecule has 1 amide bonds. The zero-order valence-electron chi connectivity index (χ0n) is 17.7. The number of hydrogen-bond donors (Lipinski definition) is 1. The molecular formula is C25H22ClN3O3S. The lowest BCUT2D eigenvalue weighted by Crippen LogP contribution is -2.30. The van der Waals surface area contributed by atoms with Gasteiger partial charge in [-0.25, -0.2) is 8.42 Å². The number of carbonyl (C=O) groups excluding carboxylic acids is 1. The molecule has 0 radical (unpaired) electrons. The SMILES string of the molecule is O=C(CS(=O)(=O)c1ccc(Cl)cc1)NCc1cn(Cc2ccccc2)nc1-c1ccccc1. The van der Waals surface area contributed by atoms with Gasteiger partial charge in [0.25, 0.3) is 0 Å². The van der Waals surface area contributed by atoms with Gasteiger partial charge in [0.05, 0.1) is 17.1 Å².